The SMILES string of the molecule is O=C(Nc1ccc(F)c([N+](=O)[O-])c1)c1ccnc(F)c1. The molecule has 1 amide bonds. The molecule has 8 heteroatoms. The summed E-state index contributed by atoms with van der Waals surface area (Å²) in [5, 5.41) is 12.9. The molecule has 6 nitrogen and oxygen atoms in total. The second-order valence-electron chi connectivity index (χ2n) is 3.74. The molecule has 0 aliphatic heterocycles. The zero-order chi connectivity index (χ0) is 14.7. The molecular formula is C12H7F2N3O3. The first-order valence-electron chi connectivity index (χ1n) is 5.34. The highest BCUT2D eigenvalue weighted by molar-refractivity contribution is 6.04. The second kappa shape index (κ2) is 5.39. The van der Waals surface area contributed by atoms with Crippen molar-refractivity contribution in [1.29, 1.82) is 0 Å². The number of aromatic nitrogens is 1. The minimum atomic E-state index is -1.01. The topological polar surface area (TPSA) is 85.1 Å². The van der Waals surface area contributed by atoms with Crippen LogP contribution in [0.1, 0.15) is 10.4 Å². The first-order chi connectivity index (χ1) is 9.47. The van der Waals surface area contributed by atoms with Crippen LogP contribution < -0.4 is 5.32 Å². The summed E-state index contributed by atoms with van der Waals surface area (Å²) < 4.78 is 26.0. The van der Waals surface area contributed by atoms with Crippen LogP contribution in [0.3, 0.4) is 0 Å². The molecule has 20 heavy (non-hydrogen) atoms. The van der Waals surface area contributed by atoms with Gasteiger partial charge in [0.15, 0.2) is 0 Å². The van der Waals surface area contributed by atoms with Gasteiger partial charge in [0, 0.05) is 29.6 Å². The van der Waals surface area contributed by atoms with E-state index in [0.29, 0.717) is 0 Å². The molecule has 0 unspecified atom stereocenters. The number of nitrogens with one attached hydrogen (secondary N) is 1. The zero-order valence-electron chi connectivity index (χ0n) is 9.84. The smallest absolute Gasteiger partial charge is 0.306 e. The van der Waals surface area contributed by atoms with Crippen LogP contribution in [0.4, 0.5) is 20.2 Å². The average Bonchev–Trinajstić information content (AvgIpc) is 2.40. The van der Waals surface area contributed by atoms with Gasteiger partial charge in [0.1, 0.15) is 0 Å². The van der Waals surface area contributed by atoms with Crippen LogP contribution >= 0.6 is 0 Å². The van der Waals surface area contributed by atoms with Crippen molar-refractivity contribution in [3.63, 3.8) is 0 Å². The molecule has 0 aliphatic rings. The molecule has 1 aromatic carbocycles. The van der Waals surface area contributed by atoms with E-state index in [-0.39, 0.29) is 11.3 Å². The predicted molar refractivity (Wildman–Crippen MR) is 65.2 cm³/mol. The van der Waals surface area contributed by atoms with Crippen molar-refractivity contribution in [3.8, 4) is 0 Å². The van der Waals surface area contributed by atoms with Crippen molar-refractivity contribution < 1.29 is 18.5 Å². The van der Waals surface area contributed by atoms with Crippen LogP contribution in [0.15, 0.2) is 36.5 Å². The Morgan fingerprint density at radius 1 is 1.25 bits per heavy atom. The zero-order valence-corrected chi connectivity index (χ0v) is 9.84. The Kier molecular flexibility index (Phi) is 3.65. The van der Waals surface area contributed by atoms with E-state index in [0.717, 1.165) is 30.5 Å². The van der Waals surface area contributed by atoms with Crippen molar-refractivity contribution in [1.82, 2.24) is 4.98 Å². The summed E-state index contributed by atoms with van der Waals surface area (Å²) in [7, 11) is 0. The molecule has 1 aromatic heterocycles. The lowest BCUT2D eigenvalue weighted by Crippen LogP contribution is -2.12. The number of halogens is 2. The first-order valence-corrected chi connectivity index (χ1v) is 5.34. The lowest BCUT2D eigenvalue weighted by atomic mass is 10.2. The van der Waals surface area contributed by atoms with E-state index in [1.165, 1.54) is 6.07 Å². The Bertz CT molecular complexity index is 691. The van der Waals surface area contributed by atoms with Crippen LogP contribution in [0, 0.1) is 21.9 Å². The minimum Gasteiger partial charge on any atom is -0.322 e. The van der Waals surface area contributed by atoms with Crippen LogP contribution in [0.2, 0.25) is 0 Å². The van der Waals surface area contributed by atoms with Gasteiger partial charge in [-0.25, -0.2) is 4.98 Å². The third kappa shape index (κ3) is 2.91. The maximum atomic E-state index is 13.1. The summed E-state index contributed by atoms with van der Waals surface area (Å²) in [5.74, 6) is -2.53. The van der Waals surface area contributed by atoms with Crippen LogP contribution in [-0.2, 0) is 0 Å². The number of carbonyl (C=O) groups excluding carboxylic acids is 1. The normalized spacial score (nSPS) is 10.1. The van der Waals surface area contributed by atoms with Gasteiger partial charge >= 0.3 is 5.69 Å². The van der Waals surface area contributed by atoms with Crippen molar-refractivity contribution in [2.45, 2.75) is 0 Å². The number of nitrogens with zero attached hydrogens (tertiary/aromatic N) is 2. The summed E-state index contributed by atoms with van der Waals surface area (Å²) in [6.45, 7) is 0. The van der Waals surface area contributed by atoms with Gasteiger partial charge in [0.25, 0.3) is 5.91 Å². The largest absolute Gasteiger partial charge is 0.322 e. The van der Waals surface area contributed by atoms with E-state index < -0.39 is 28.3 Å². The lowest BCUT2D eigenvalue weighted by molar-refractivity contribution is -0.387. The van der Waals surface area contributed by atoms with Crippen molar-refractivity contribution in [3.05, 3.63) is 64.0 Å². The van der Waals surface area contributed by atoms with Gasteiger partial charge in [-0.2, -0.15) is 8.78 Å². The number of hydrogen-bond donors (Lipinski definition) is 1. The van der Waals surface area contributed by atoms with Gasteiger partial charge in [-0.3, -0.25) is 14.9 Å². The molecule has 0 spiro atoms. The first kappa shape index (κ1) is 13.5. The van der Waals surface area contributed by atoms with E-state index in [2.05, 4.69) is 10.3 Å². The molecular weight excluding hydrogens is 272 g/mol. The van der Waals surface area contributed by atoms with Crippen LogP contribution in [0.25, 0.3) is 0 Å². The molecule has 102 valence electrons. The highest BCUT2D eigenvalue weighted by Gasteiger charge is 2.16. The molecule has 0 radical (unpaired) electrons. The molecule has 0 atom stereocenters. The maximum absolute atomic E-state index is 13.1. The number of pyridine rings is 1. The number of hydrogen-bond acceptors (Lipinski definition) is 4. The summed E-state index contributed by atoms with van der Waals surface area (Å²) >= 11 is 0. The maximum Gasteiger partial charge on any atom is 0.306 e. The fourth-order valence-electron chi connectivity index (χ4n) is 1.48. The molecule has 2 rings (SSSR count). The quantitative estimate of drug-likeness (QED) is 0.531. The van der Waals surface area contributed by atoms with Crippen LogP contribution in [0.5, 0.6) is 0 Å². The van der Waals surface area contributed by atoms with E-state index in [1.54, 1.807) is 0 Å². The summed E-state index contributed by atoms with van der Waals surface area (Å²) in [4.78, 5) is 24.7. The van der Waals surface area contributed by atoms with E-state index in [9.17, 15) is 23.7 Å². The van der Waals surface area contributed by atoms with Crippen molar-refractivity contribution in [2.24, 2.45) is 0 Å². The predicted octanol–water partition coefficient (Wildman–Crippen LogP) is 2.52. The fourth-order valence-corrected chi connectivity index (χ4v) is 1.48. The molecule has 0 bridgehead atoms. The lowest BCUT2D eigenvalue weighted by Gasteiger charge is -2.05. The number of anilines is 1. The number of benzene rings is 1. The van der Waals surface area contributed by atoms with E-state index in [1.807, 2.05) is 0 Å². The van der Waals surface area contributed by atoms with E-state index in [4.69, 9.17) is 0 Å². The second-order valence-corrected chi connectivity index (χ2v) is 3.74. The standard InChI is InChI=1S/C12H7F2N3O3/c13-9-2-1-8(6-10(9)17(19)20)16-12(18)7-3-4-15-11(14)5-7/h1-6H,(H,16,18). The molecule has 0 saturated heterocycles. The Morgan fingerprint density at radius 2 is 2.00 bits per heavy atom. The van der Waals surface area contributed by atoms with Gasteiger partial charge in [-0.05, 0) is 18.2 Å². The van der Waals surface area contributed by atoms with E-state index >= 15 is 0 Å². The van der Waals surface area contributed by atoms with Gasteiger partial charge < -0.3 is 5.32 Å². The fraction of sp³-hybridized carbons (Fsp3) is 0. The van der Waals surface area contributed by atoms with Crippen LogP contribution in [-0.4, -0.2) is 15.8 Å². The molecule has 0 saturated carbocycles. The summed E-state index contributed by atoms with van der Waals surface area (Å²) in [6.07, 6.45) is 1.11. The number of rotatable bonds is 3. The Labute approximate surface area is 111 Å². The number of nitro benzene ring substituents is 1. The summed E-state index contributed by atoms with van der Waals surface area (Å²) in [5.41, 5.74) is -0.742. The Morgan fingerprint density at radius 3 is 2.65 bits per heavy atom. The monoisotopic (exact) mass is 279 g/mol. The highest BCUT2D eigenvalue weighted by Crippen LogP contribution is 2.22. The van der Waals surface area contributed by atoms with Crippen molar-refractivity contribution >= 4 is 17.3 Å². The van der Waals surface area contributed by atoms with Gasteiger partial charge in [0.2, 0.25) is 11.8 Å². The molecule has 1 N–H and O–H groups in total. The minimum absolute atomic E-state index is 0.00974. The van der Waals surface area contributed by atoms with Gasteiger partial charge in [-0.15, -0.1) is 0 Å². The van der Waals surface area contributed by atoms with Gasteiger partial charge in [-0.1, -0.05) is 0 Å². The average molecular weight is 279 g/mol. The van der Waals surface area contributed by atoms with Gasteiger partial charge in [0.05, 0.1) is 4.92 Å². The number of amides is 1. The molecule has 0 aliphatic carbocycles. The third-order valence-corrected chi connectivity index (χ3v) is 2.39. The highest BCUT2D eigenvalue weighted by atomic mass is 19.1. The number of carbonyl (C=O) groups is 1. The molecule has 2 aromatic rings. The summed E-state index contributed by atoms with van der Waals surface area (Å²) in [6, 6.07) is 5.09. The third-order valence-electron chi connectivity index (χ3n) is 2.39. The Hall–Kier alpha value is -2.90. The number of nitro groups is 1. The Balaban J connectivity index is 2.24. The molecule has 0 fully saturated rings. The van der Waals surface area contributed by atoms with Crippen molar-refractivity contribution in [2.75, 3.05) is 5.32 Å². The molecule has 1 heterocycles.